The number of fused-ring (bicyclic) bond motifs is 1. The maximum Gasteiger partial charge on any atom is 0.407 e. The molecular weight excluding hydrogens is 242 g/mol. The van der Waals surface area contributed by atoms with E-state index in [1.54, 1.807) is 6.20 Å². The molecule has 0 spiro atoms. The molecular formula is C14H15N3O2. The first-order valence-corrected chi connectivity index (χ1v) is 6.32. The topological polar surface area (TPSA) is 65.5 Å². The lowest BCUT2D eigenvalue weighted by Gasteiger charge is -2.16. The zero-order valence-electron chi connectivity index (χ0n) is 10.4. The molecule has 2 heterocycles. The standard InChI is InChI=1S/C14H15N3O2/c18-14(19)17-8-6-10(9-17)16-13-5-7-15-12-4-2-1-3-11(12)13/h1-5,7,10H,6,8-9H2,(H,15,16)(H,18,19). The van der Waals surface area contributed by atoms with Crippen molar-refractivity contribution in [3.05, 3.63) is 36.5 Å². The first-order valence-electron chi connectivity index (χ1n) is 6.32. The number of pyridine rings is 1. The summed E-state index contributed by atoms with van der Waals surface area (Å²) in [7, 11) is 0. The van der Waals surface area contributed by atoms with Crippen LogP contribution in [0.3, 0.4) is 0 Å². The molecule has 19 heavy (non-hydrogen) atoms. The van der Waals surface area contributed by atoms with E-state index < -0.39 is 6.09 Å². The summed E-state index contributed by atoms with van der Waals surface area (Å²) in [5, 5.41) is 13.4. The van der Waals surface area contributed by atoms with Gasteiger partial charge in [-0.1, -0.05) is 18.2 Å². The first-order chi connectivity index (χ1) is 9.24. The Balaban J connectivity index is 1.81. The average Bonchev–Trinajstić information content (AvgIpc) is 2.88. The maximum atomic E-state index is 10.9. The molecule has 3 rings (SSSR count). The number of nitrogens with zero attached hydrogens (tertiary/aromatic N) is 2. The predicted octanol–water partition coefficient (Wildman–Crippen LogP) is 2.40. The van der Waals surface area contributed by atoms with Crippen LogP contribution in [0.1, 0.15) is 6.42 Å². The van der Waals surface area contributed by atoms with Crippen molar-refractivity contribution in [2.45, 2.75) is 12.5 Å². The molecule has 1 fully saturated rings. The zero-order valence-corrected chi connectivity index (χ0v) is 10.4. The van der Waals surface area contributed by atoms with E-state index in [4.69, 9.17) is 5.11 Å². The van der Waals surface area contributed by atoms with E-state index >= 15 is 0 Å². The molecule has 0 aliphatic carbocycles. The third-order valence-corrected chi connectivity index (χ3v) is 3.47. The molecule has 0 radical (unpaired) electrons. The van der Waals surface area contributed by atoms with Crippen LogP contribution in [-0.4, -0.2) is 40.2 Å². The van der Waals surface area contributed by atoms with Crippen molar-refractivity contribution in [1.29, 1.82) is 0 Å². The minimum absolute atomic E-state index is 0.168. The van der Waals surface area contributed by atoms with Gasteiger partial charge in [0.05, 0.1) is 5.52 Å². The van der Waals surface area contributed by atoms with Gasteiger partial charge in [-0.3, -0.25) is 4.98 Å². The fraction of sp³-hybridized carbons (Fsp3) is 0.286. The number of nitrogens with one attached hydrogen (secondary N) is 1. The van der Waals surface area contributed by atoms with Crippen molar-refractivity contribution in [1.82, 2.24) is 9.88 Å². The summed E-state index contributed by atoms with van der Waals surface area (Å²) in [6.07, 6.45) is 1.77. The summed E-state index contributed by atoms with van der Waals surface area (Å²) in [4.78, 5) is 16.7. The fourth-order valence-corrected chi connectivity index (χ4v) is 2.49. The van der Waals surface area contributed by atoms with Gasteiger partial charge in [0, 0.05) is 36.4 Å². The molecule has 1 amide bonds. The van der Waals surface area contributed by atoms with Gasteiger partial charge in [0.15, 0.2) is 0 Å². The number of carboxylic acid groups (broad SMARTS) is 1. The van der Waals surface area contributed by atoms with Crippen LogP contribution in [-0.2, 0) is 0 Å². The van der Waals surface area contributed by atoms with Crippen molar-refractivity contribution in [3.63, 3.8) is 0 Å². The first kappa shape index (κ1) is 11.8. The Morgan fingerprint density at radius 1 is 1.37 bits per heavy atom. The highest BCUT2D eigenvalue weighted by Gasteiger charge is 2.25. The second-order valence-electron chi connectivity index (χ2n) is 4.73. The van der Waals surface area contributed by atoms with E-state index in [0.29, 0.717) is 13.1 Å². The van der Waals surface area contributed by atoms with Crippen LogP contribution in [0.4, 0.5) is 10.5 Å². The maximum absolute atomic E-state index is 10.9. The largest absolute Gasteiger partial charge is 0.465 e. The number of likely N-dealkylation sites (tertiary alicyclic amines) is 1. The van der Waals surface area contributed by atoms with Gasteiger partial charge in [-0.25, -0.2) is 4.79 Å². The highest BCUT2D eigenvalue weighted by Crippen LogP contribution is 2.23. The molecule has 1 aliphatic rings. The summed E-state index contributed by atoms with van der Waals surface area (Å²) < 4.78 is 0. The Kier molecular flexibility index (Phi) is 2.95. The summed E-state index contributed by atoms with van der Waals surface area (Å²) in [6, 6.07) is 10.0. The van der Waals surface area contributed by atoms with E-state index in [9.17, 15) is 4.79 Å². The van der Waals surface area contributed by atoms with Crippen molar-refractivity contribution in [2.75, 3.05) is 18.4 Å². The summed E-state index contributed by atoms with van der Waals surface area (Å²) >= 11 is 0. The number of hydrogen-bond acceptors (Lipinski definition) is 3. The number of para-hydroxylation sites is 1. The molecule has 1 saturated heterocycles. The van der Waals surface area contributed by atoms with Crippen molar-refractivity contribution in [3.8, 4) is 0 Å². The Bertz CT molecular complexity index is 609. The molecule has 5 nitrogen and oxygen atoms in total. The lowest BCUT2D eigenvalue weighted by Crippen LogP contribution is -2.30. The van der Waals surface area contributed by atoms with Gasteiger partial charge in [0.2, 0.25) is 0 Å². The van der Waals surface area contributed by atoms with Crippen LogP contribution in [0.15, 0.2) is 36.5 Å². The van der Waals surface area contributed by atoms with Gasteiger partial charge in [0.25, 0.3) is 0 Å². The van der Waals surface area contributed by atoms with E-state index in [1.807, 2.05) is 30.3 Å². The molecule has 0 bridgehead atoms. The van der Waals surface area contributed by atoms with E-state index in [-0.39, 0.29) is 6.04 Å². The molecule has 1 aliphatic heterocycles. The van der Waals surface area contributed by atoms with E-state index in [2.05, 4.69) is 10.3 Å². The van der Waals surface area contributed by atoms with Crippen LogP contribution >= 0.6 is 0 Å². The minimum Gasteiger partial charge on any atom is -0.465 e. The third kappa shape index (κ3) is 2.31. The number of anilines is 1. The molecule has 2 aromatic rings. The van der Waals surface area contributed by atoms with Crippen molar-refractivity contribution >= 4 is 22.7 Å². The van der Waals surface area contributed by atoms with Gasteiger partial charge in [-0.2, -0.15) is 0 Å². The molecule has 1 atom stereocenters. The second-order valence-corrected chi connectivity index (χ2v) is 4.73. The monoisotopic (exact) mass is 257 g/mol. The molecule has 1 aromatic heterocycles. The molecule has 1 unspecified atom stereocenters. The fourth-order valence-electron chi connectivity index (χ4n) is 2.49. The quantitative estimate of drug-likeness (QED) is 0.867. The zero-order chi connectivity index (χ0) is 13.2. The Hall–Kier alpha value is -2.30. The molecule has 0 saturated carbocycles. The number of amides is 1. The van der Waals surface area contributed by atoms with Crippen molar-refractivity contribution in [2.24, 2.45) is 0 Å². The lowest BCUT2D eigenvalue weighted by molar-refractivity contribution is 0.155. The highest BCUT2D eigenvalue weighted by molar-refractivity contribution is 5.91. The van der Waals surface area contributed by atoms with Crippen LogP contribution < -0.4 is 5.32 Å². The van der Waals surface area contributed by atoms with E-state index in [0.717, 1.165) is 23.0 Å². The summed E-state index contributed by atoms with van der Waals surface area (Å²) in [5.74, 6) is 0. The highest BCUT2D eigenvalue weighted by atomic mass is 16.4. The Morgan fingerprint density at radius 3 is 3.00 bits per heavy atom. The number of rotatable bonds is 2. The van der Waals surface area contributed by atoms with Crippen molar-refractivity contribution < 1.29 is 9.90 Å². The lowest BCUT2D eigenvalue weighted by atomic mass is 10.1. The second kappa shape index (κ2) is 4.76. The molecule has 98 valence electrons. The van der Waals surface area contributed by atoms with Crippen LogP contribution in [0.5, 0.6) is 0 Å². The Morgan fingerprint density at radius 2 is 2.21 bits per heavy atom. The minimum atomic E-state index is -0.844. The SMILES string of the molecule is O=C(O)N1CCC(Nc2ccnc3ccccc23)C1. The number of hydrogen-bond donors (Lipinski definition) is 2. The third-order valence-electron chi connectivity index (χ3n) is 3.47. The Labute approximate surface area is 110 Å². The van der Waals surface area contributed by atoms with Gasteiger partial charge in [-0.15, -0.1) is 0 Å². The normalized spacial score (nSPS) is 18.7. The van der Waals surface area contributed by atoms with Gasteiger partial charge in [-0.05, 0) is 18.6 Å². The number of aromatic nitrogens is 1. The average molecular weight is 257 g/mol. The smallest absolute Gasteiger partial charge is 0.407 e. The van der Waals surface area contributed by atoms with Crippen LogP contribution in [0.25, 0.3) is 10.9 Å². The van der Waals surface area contributed by atoms with Gasteiger partial charge in [0.1, 0.15) is 0 Å². The van der Waals surface area contributed by atoms with Crippen LogP contribution in [0, 0.1) is 0 Å². The molecule has 2 N–H and O–H groups in total. The summed E-state index contributed by atoms with van der Waals surface area (Å²) in [5.41, 5.74) is 1.96. The van der Waals surface area contributed by atoms with Crippen LogP contribution in [0.2, 0.25) is 0 Å². The van der Waals surface area contributed by atoms with E-state index in [1.165, 1.54) is 4.90 Å². The summed E-state index contributed by atoms with van der Waals surface area (Å²) in [6.45, 7) is 1.13. The van der Waals surface area contributed by atoms with Gasteiger partial charge < -0.3 is 15.3 Å². The predicted molar refractivity (Wildman–Crippen MR) is 73.4 cm³/mol. The number of carbonyl (C=O) groups is 1. The number of benzene rings is 1. The van der Waals surface area contributed by atoms with Gasteiger partial charge >= 0.3 is 6.09 Å². The molecule has 5 heteroatoms. The molecule has 1 aromatic carbocycles.